The summed E-state index contributed by atoms with van der Waals surface area (Å²) in [6, 6.07) is 8.64. The molecule has 1 fully saturated rings. The van der Waals surface area contributed by atoms with Crippen LogP contribution in [0.3, 0.4) is 0 Å². The fourth-order valence-electron chi connectivity index (χ4n) is 3.49. The monoisotopic (exact) mass is 327 g/mol. The van der Waals surface area contributed by atoms with Crippen LogP contribution in [0.5, 0.6) is 0 Å². The molecule has 2 aromatic rings. The second kappa shape index (κ2) is 7.62. The van der Waals surface area contributed by atoms with Gasteiger partial charge in [0.1, 0.15) is 0 Å². The average molecular weight is 327 g/mol. The predicted molar refractivity (Wildman–Crippen MR) is 92.7 cm³/mol. The summed E-state index contributed by atoms with van der Waals surface area (Å²) in [5, 5.41) is 0. The topological polar surface area (TPSA) is 58.2 Å². The third-order valence-electron chi connectivity index (χ3n) is 4.83. The fraction of sp³-hybridized carbons (Fsp3) is 0.474. The van der Waals surface area contributed by atoms with E-state index in [0.717, 1.165) is 25.1 Å². The molecule has 1 amide bonds. The zero-order valence-corrected chi connectivity index (χ0v) is 14.4. The third kappa shape index (κ3) is 4.03. The Kier molecular flexibility index (Phi) is 5.30. The maximum atomic E-state index is 12.5. The van der Waals surface area contributed by atoms with Crippen molar-refractivity contribution in [1.29, 1.82) is 0 Å². The highest BCUT2D eigenvalue weighted by Gasteiger charge is 2.31. The van der Waals surface area contributed by atoms with E-state index in [9.17, 15) is 4.79 Å². The average Bonchev–Trinajstić information content (AvgIpc) is 3.08. The van der Waals surface area contributed by atoms with E-state index in [2.05, 4.69) is 41.2 Å². The van der Waals surface area contributed by atoms with Crippen molar-refractivity contribution in [3.63, 3.8) is 0 Å². The van der Waals surface area contributed by atoms with E-state index in [0.29, 0.717) is 18.9 Å². The number of aromatic amines is 1. The van der Waals surface area contributed by atoms with E-state index in [1.165, 1.54) is 11.1 Å². The summed E-state index contributed by atoms with van der Waals surface area (Å²) in [6.45, 7) is 3.58. The van der Waals surface area contributed by atoms with Crippen LogP contribution in [0.4, 0.5) is 0 Å². The summed E-state index contributed by atoms with van der Waals surface area (Å²) in [5.41, 5.74) is 3.49. The number of ether oxygens (including phenoxy) is 1. The lowest BCUT2D eigenvalue weighted by Gasteiger charge is -2.38. The zero-order chi connectivity index (χ0) is 16.9. The summed E-state index contributed by atoms with van der Waals surface area (Å²) < 4.78 is 5.71. The van der Waals surface area contributed by atoms with Gasteiger partial charge in [0.15, 0.2) is 0 Å². The number of piperidine rings is 1. The number of carbonyl (C=O) groups is 1. The van der Waals surface area contributed by atoms with Gasteiger partial charge in [-0.05, 0) is 31.2 Å². The van der Waals surface area contributed by atoms with Crippen molar-refractivity contribution in [3.05, 3.63) is 53.6 Å². The van der Waals surface area contributed by atoms with E-state index in [1.807, 2.05) is 4.90 Å². The van der Waals surface area contributed by atoms with Gasteiger partial charge >= 0.3 is 0 Å². The largest absolute Gasteiger partial charge is 0.379 e. The Hall–Kier alpha value is -2.14. The quantitative estimate of drug-likeness (QED) is 0.917. The molecule has 0 aliphatic carbocycles. The highest BCUT2D eigenvalue weighted by molar-refractivity contribution is 5.78. The molecule has 0 bridgehead atoms. The maximum Gasteiger partial charge on any atom is 0.228 e. The molecule has 1 aromatic heterocycles. The minimum Gasteiger partial charge on any atom is -0.379 e. The standard InChI is InChI=1S/C19H25N3O2/c1-14-4-3-5-15(8-14)9-16-6-7-22(12-18(16)24-2)19(23)10-17-11-20-13-21-17/h3-5,8,11,13,16,18H,6-7,9-10,12H2,1-2H3,(H,20,21)/t16-,18-/m1/s1. The number of nitrogens with zero attached hydrogens (tertiary/aromatic N) is 2. The Bertz CT molecular complexity index is 669. The molecule has 1 saturated heterocycles. The Morgan fingerprint density at radius 1 is 1.46 bits per heavy atom. The number of hydrogen-bond donors (Lipinski definition) is 1. The predicted octanol–water partition coefficient (Wildman–Crippen LogP) is 2.37. The van der Waals surface area contributed by atoms with Crippen LogP contribution in [0.15, 0.2) is 36.8 Å². The molecule has 0 radical (unpaired) electrons. The van der Waals surface area contributed by atoms with Crippen LogP contribution >= 0.6 is 0 Å². The number of aromatic nitrogens is 2. The smallest absolute Gasteiger partial charge is 0.228 e. The van der Waals surface area contributed by atoms with Crippen LogP contribution in [-0.2, 0) is 22.4 Å². The lowest BCUT2D eigenvalue weighted by atomic mass is 9.87. The van der Waals surface area contributed by atoms with Gasteiger partial charge in [-0.3, -0.25) is 4.79 Å². The van der Waals surface area contributed by atoms with Gasteiger partial charge in [0.2, 0.25) is 5.91 Å². The van der Waals surface area contributed by atoms with Crippen molar-refractivity contribution < 1.29 is 9.53 Å². The number of carbonyl (C=O) groups excluding carboxylic acids is 1. The molecule has 5 nitrogen and oxygen atoms in total. The Balaban J connectivity index is 1.60. The Morgan fingerprint density at radius 3 is 3.04 bits per heavy atom. The first-order chi connectivity index (χ1) is 11.7. The van der Waals surface area contributed by atoms with E-state index < -0.39 is 0 Å². The fourth-order valence-corrected chi connectivity index (χ4v) is 3.49. The molecule has 3 rings (SSSR count). The molecule has 5 heteroatoms. The molecule has 1 N–H and O–H groups in total. The molecule has 1 aromatic carbocycles. The minimum absolute atomic E-state index is 0.0879. The number of nitrogens with one attached hydrogen (secondary N) is 1. The van der Waals surface area contributed by atoms with Crippen molar-refractivity contribution in [2.45, 2.75) is 32.3 Å². The van der Waals surface area contributed by atoms with Crippen LogP contribution in [0.25, 0.3) is 0 Å². The number of hydrogen-bond acceptors (Lipinski definition) is 3. The summed E-state index contributed by atoms with van der Waals surface area (Å²) in [6.07, 6.45) is 5.75. The van der Waals surface area contributed by atoms with Crippen molar-refractivity contribution in [2.24, 2.45) is 5.92 Å². The normalized spacial score (nSPS) is 21.0. The number of imidazole rings is 1. The number of benzene rings is 1. The van der Waals surface area contributed by atoms with E-state index in [1.54, 1.807) is 19.6 Å². The lowest BCUT2D eigenvalue weighted by Crippen LogP contribution is -2.48. The van der Waals surface area contributed by atoms with Crippen LogP contribution < -0.4 is 0 Å². The molecule has 24 heavy (non-hydrogen) atoms. The van der Waals surface area contributed by atoms with Crippen molar-refractivity contribution in [2.75, 3.05) is 20.2 Å². The van der Waals surface area contributed by atoms with Gasteiger partial charge in [0.25, 0.3) is 0 Å². The van der Waals surface area contributed by atoms with Gasteiger partial charge in [0.05, 0.1) is 18.9 Å². The molecular weight excluding hydrogens is 302 g/mol. The molecule has 1 aliphatic rings. The second-order valence-corrected chi connectivity index (χ2v) is 6.61. The van der Waals surface area contributed by atoms with Crippen LogP contribution in [0.2, 0.25) is 0 Å². The molecular formula is C19H25N3O2. The van der Waals surface area contributed by atoms with Gasteiger partial charge in [-0.1, -0.05) is 29.8 Å². The Labute approximate surface area is 143 Å². The summed E-state index contributed by atoms with van der Waals surface area (Å²) in [4.78, 5) is 21.3. The van der Waals surface area contributed by atoms with Gasteiger partial charge in [0, 0.05) is 32.1 Å². The number of H-pyrrole nitrogens is 1. The van der Waals surface area contributed by atoms with Crippen molar-refractivity contribution in [1.82, 2.24) is 14.9 Å². The molecule has 1 aliphatic heterocycles. The summed E-state index contributed by atoms with van der Waals surface area (Å²) >= 11 is 0. The first-order valence-electron chi connectivity index (χ1n) is 8.49. The molecule has 0 saturated carbocycles. The first-order valence-corrected chi connectivity index (χ1v) is 8.49. The molecule has 0 spiro atoms. The van der Waals surface area contributed by atoms with Gasteiger partial charge < -0.3 is 14.6 Å². The van der Waals surface area contributed by atoms with E-state index >= 15 is 0 Å². The first kappa shape index (κ1) is 16.7. The zero-order valence-electron chi connectivity index (χ0n) is 14.4. The van der Waals surface area contributed by atoms with Gasteiger partial charge in [-0.25, -0.2) is 4.98 Å². The number of amides is 1. The molecule has 2 atom stereocenters. The third-order valence-corrected chi connectivity index (χ3v) is 4.83. The number of methoxy groups -OCH3 is 1. The lowest BCUT2D eigenvalue weighted by molar-refractivity contribution is -0.135. The highest BCUT2D eigenvalue weighted by Crippen LogP contribution is 2.25. The highest BCUT2D eigenvalue weighted by atomic mass is 16.5. The molecule has 0 unspecified atom stereocenters. The number of likely N-dealkylation sites (tertiary alicyclic amines) is 1. The molecule has 128 valence electrons. The van der Waals surface area contributed by atoms with Crippen LogP contribution in [0.1, 0.15) is 23.2 Å². The Morgan fingerprint density at radius 2 is 2.33 bits per heavy atom. The van der Waals surface area contributed by atoms with Gasteiger partial charge in [-0.15, -0.1) is 0 Å². The number of rotatable bonds is 5. The summed E-state index contributed by atoms with van der Waals surface area (Å²) in [5.74, 6) is 0.586. The molecule has 2 heterocycles. The van der Waals surface area contributed by atoms with Gasteiger partial charge in [-0.2, -0.15) is 0 Å². The number of aryl methyl sites for hydroxylation is 1. The summed E-state index contributed by atoms with van der Waals surface area (Å²) in [7, 11) is 1.75. The maximum absolute atomic E-state index is 12.5. The van der Waals surface area contributed by atoms with Crippen molar-refractivity contribution >= 4 is 5.91 Å². The van der Waals surface area contributed by atoms with E-state index in [-0.39, 0.29) is 12.0 Å². The van der Waals surface area contributed by atoms with Crippen LogP contribution in [0, 0.1) is 12.8 Å². The van der Waals surface area contributed by atoms with Crippen molar-refractivity contribution in [3.8, 4) is 0 Å². The van der Waals surface area contributed by atoms with Crippen LogP contribution in [-0.4, -0.2) is 47.1 Å². The second-order valence-electron chi connectivity index (χ2n) is 6.61. The SMILES string of the molecule is CO[C@@H]1CN(C(=O)Cc2cnc[nH]2)CC[C@@H]1Cc1cccc(C)c1. The van der Waals surface area contributed by atoms with E-state index in [4.69, 9.17) is 4.74 Å². The minimum atomic E-state index is 0.0879.